The zero-order valence-corrected chi connectivity index (χ0v) is 14.4. The number of amides is 1. The van der Waals surface area contributed by atoms with Crippen LogP contribution in [0.3, 0.4) is 0 Å². The number of hydrogen-bond donors (Lipinski definition) is 1. The lowest BCUT2D eigenvalue weighted by Crippen LogP contribution is -2.55. The molecule has 26 heavy (non-hydrogen) atoms. The highest BCUT2D eigenvalue weighted by molar-refractivity contribution is 5.98. The van der Waals surface area contributed by atoms with Gasteiger partial charge in [0.1, 0.15) is 6.10 Å². The SMILES string of the molecule is CCOC(=O)/C=C/[C@@]1(C(=O)OC)NC(=O)C[C@@H]1OC(=O)c1ccccc1. The van der Waals surface area contributed by atoms with Gasteiger partial charge in [-0.05, 0) is 25.1 Å². The second-order valence-electron chi connectivity index (χ2n) is 5.46. The normalized spacial score (nSPS) is 21.9. The summed E-state index contributed by atoms with van der Waals surface area (Å²) in [4.78, 5) is 48.2. The molecule has 8 heteroatoms. The molecule has 1 aliphatic heterocycles. The highest BCUT2D eigenvalue weighted by atomic mass is 16.6. The number of ether oxygens (including phenoxy) is 3. The zero-order chi connectivity index (χ0) is 19.2. The average Bonchev–Trinajstić information content (AvgIpc) is 2.96. The maximum absolute atomic E-state index is 12.3. The van der Waals surface area contributed by atoms with Gasteiger partial charge in [-0.1, -0.05) is 18.2 Å². The third-order valence-corrected chi connectivity index (χ3v) is 3.78. The third-order valence-electron chi connectivity index (χ3n) is 3.78. The van der Waals surface area contributed by atoms with Gasteiger partial charge in [0.25, 0.3) is 0 Å². The topological polar surface area (TPSA) is 108 Å². The van der Waals surface area contributed by atoms with Crippen LogP contribution >= 0.6 is 0 Å². The van der Waals surface area contributed by atoms with Crippen molar-refractivity contribution in [2.45, 2.75) is 25.0 Å². The van der Waals surface area contributed by atoms with Crippen molar-refractivity contribution in [1.82, 2.24) is 5.32 Å². The summed E-state index contributed by atoms with van der Waals surface area (Å²) in [6.45, 7) is 1.77. The minimum atomic E-state index is -1.80. The van der Waals surface area contributed by atoms with Gasteiger partial charge in [-0.2, -0.15) is 0 Å². The first-order chi connectivity index (χ1) is 12.4. The molecule has 0 spiro atoms. The standard InChI is InChI=1S/C18H19NO7/c1-3-25-15(21)9-10-18(17(23)24-2)13(11-14(20)19-18)26-16(22)12-7-5-4-6-8-12/h4-10,13H,3,11H2,1-2H3,(H,19,20)/b10-9+/t13-,18+/m0/s1. The van der Waals surface area contributed by atoms with E-state index < -0.39 is 35.5 Å². The highest BCUT2D eigenvalue weighted by Crippen LogP contribution is 2.28. The first-order valence-corrected chi connectivity index (χ1v) is 7.94. The Morgan fingerprint density at radius 1 is 1.27 bits per heavy atom. The van der Waals surface area contributed by atoms with E-state index in [1.165, 1.54) is 0 Å². The summed E-state index contributed by atoms with van der Waals surface area (Å²) in [6, 6.07) is 8.13. The molecule has 0 saturated carbocycles. The fourth-order valence-corrected chi connectivity index (χ4v) is 2.56. The van der Waals surface area contributed by atoms with E-state index in [4.69, 9.17) is 14.2 Å². The minimum Gasteiger partial charge on any atom is -0.467 e. The van der Waals surface area contributed by atoms with E-state index in [0.29, 0.717) is 0 Å². The van der Waals surface area contributed by atoms with Crippen molar-refractivity contribution in [3.8, 4) is 0 Å². The average molecular weight is 361 g/mol. The van der Waals surface area contributed by atoms with E-state index in [1.54, 1.807) is 37.3 Å². The van der Waals surface area contributed by atoms with Crippen molar-refractivity contribution in [2.75, 3.05) is 13.7 Å². The summed E-state index contributed by atoms with van der Waals surface area (Å²) < 4.78 is 14.9. The molecule has 0 bridgehead atoms. The van der Waals surface area contributed by atoms with E-state index in [2.05, 4.69) is 5.32 Å². The van der Waals surface area contributed by atoms with Gasteiger partial charge in [-0.15, -0.1) is 0 Å². The third kappa shape index (κ3) is 4.08. The fraction of sp³-hybridized carbons (Fsp3) is 0.333. The van der Waals surface area contributed by atoms with Gasteiger partial charge in [0, 0.05) is 6.08 Å². The number of nitrogens with one attached hydrogen (secondary N) is 1. The smallest absolute Gasteiger partial charge is 0.339 e. The van der Waals surface area contributed by atoms with Crippen LogP contribution < -0.4 is 5.32 Å². The lowest BCUT2D eigenvalue weighted by molar-refractivity contribution is -0.149. The van der Waals surface area contributed by atoms with Crippen LogP contribution in [-0.2, 0) is 28.6 Å². The van der Waals surface area contributed by atoms with E-state index >= 15 is 0 Å². The molecule has 0 unspecified atom stereocenters. The Morgan fingerprint density at radius 3 is 2.58 bits per heavy atom. The Hall–Kier alpha value is -3.16. The van der Waals surface area contributed by atoms with Crippen LogP contribution in [0.25, 0.3) is 0 Å². The van der Waals surface area contributed by atoms with Gasteiger partial charge in [0.2, 0.25) is 5.91 Å². The molecule has 1 saturated heterocycles. The summed E-state index contributed by atoms with van der Waals surface area (Å²) in [5.41, 5.74) is -1.54. The zero-order valence-electron chi connectivity index (χ0n) is 14.4. The molecule has 0 aliphatic carbocycles. The summed E-state index contributed by atoms with van der Waals surface area (Å²) in [5.74, 6) is -2.79. The number of esters is 3. The lowest BCUT2D eigenvalue weighted by atomic mass is 9.93. The van der Waals surface area contributed by atoms with Gasteiger partial charge in [-0.3, -0.25) is 4.79 Å². The van der Waals surface area contributed by atoms with Gasteiger partial charge in [0.15, 0.2) is 5.54 Å². The first kappa shape index (κ1) is 19.2. The number of carbonyl (C=O) groups excluding carboxylic acids is 4. The van der Waals surface area contributed by atoms with E-state index in [1.807, 2.05) is 0 Å². The van der Waals surface area contributed by atoms with Crippen LogP contribution in [0.1, 0.15) is 23.7 Å². The molecular weight excluding hydrogens is 342 g/mol. The number of hydrogen-bond acceptors (Lipinski definition) is 7. The lowest BCUT2D eigenvalue weighted by Gasteiger charge is -2.28. The van der Waals surface area contributed by atoms with Crippen molar-refractivity contribution < 1.29 is 33.4 Å². The molecule has 1 amide bonds. The van der Waals surface area contributed by atoms with E-state index in [9.17, 15) is 19.2 Å². The maximum atomic E-state index is 12.3. The Morgan fingerprint density at radius 2 is 1.96 bits per heavy atom. The fourth-order valence-electron chi connectivity index (χ4n) is 2.56. The van der Waals surface area contributed by atoms with Gasteiger partial charge >= 0.3 is 17.9 Å². The van der Waals surface area contributed by atoms with Crippen LogP contribution in [0.5, 0.6) is 0 Å². The number of carbonyl (C=O) groups is 4. The number of benzene rings is 1. The molecule has 0 aromatic heterocycles. The largest absolute Gasteiger partial charge is 0.467 e. The molecule has 1 aromatic rings. The quantitative estimate of drug-likeness (QED) is 0.453. The summed E-state index contributed by atoms with van der Waals surface area (Å²) in [6.07, 6.45) is 0.696. The summed E-state index contributed by atoms with van der Waals surface area (Å²) >= 11 is 0. The highest BCUT2D eigenvalue weighted by Gasteiger charge is 2.54. The van der Waals surface area contributed by atoms with Crippen molar-refractivity contribution in [3.63, 3.8) is 0 Å². The van der Waals surface area contributed by atoms with E-state index in [-0.39, 0.29) is 18.6 Å². The molecular formula is C18H19NO7. The van der Waals surface area contributed by atoms with Crippen LogP contribution in [0.15, 0.2) is 42.5 Å². The van der Waals surface area contributed by atoms with Crippen molar-refractivity contribution in [2.24, 2.45) is 0 Å². The number of methoxy groups -OCH3 is 1. The van der Waals surface area contributed by atoms with E-state index in [0.717, 1.165) is 19.3 Å². The van der Waals surface area contributed by atoms with Crippen molar-refractivity contribution in [1.29, 1.82) is 0 Å². The molecule has 1 aromatic carbocycles. The van der Waals surface area contributed by atoms with Crippen molar-refractivity contribution >= 4 is 23.8 Å². The van der Waals surface area contributed by atoms with Crippen molar-refractivity contribution in [3.05, 3.63) is 48.0 Å². The van der Waals surface area contributed by atoms with Gasteiger partial charge < -0.3 is 19.5 Å². The van der Waals surface area contributed by atoms with Crippen LogP contribution in [0, 0.1) is 0 Å². The first-order valence-electron chi connectivity index (χ1n) is 7.94. The molecule has 0 radical (unpaired) electrons. The Balaban J connectivity index is 2.31. The molecule has 8 nitrogen and oxygen atoms in total. The molecule has 138 valence electrons. The number of rotatable bonds is 6. The van der Waals surface area contributed by atoms with Crippen LogP contribution in [0.4, 0.5) is 0 Å². The summed E-state index contributed by atoms with van der Waals surface area (Å²) in [7, 11) is 1.13. The molecule has 1 heterocycles. The predicted molar refractivity (Wildman–Crippen MR) is 88.9 cm³/mol. The Kier molecular flexibility index (Phi) is 6.11. The molecule has 1 aliphatic rings. The monoisotopic (exact) mass is 361 g/mol. The summed E-state index contributed by atoms with van der Waals surface area (Å²) in [5, 5.41) is 2.44. The Labute approximate surface area is 150 Å². The molecule has 1 N–H and O–H groups in total. The predicted octanol–water partition coefficient (Wildman–Crippen LogP) is 0.763. The van der Waals surface area contributed by atoms with Gasteiger partial charge in [0.05, 0.1) is 25.7 Å². The maximum Gasteiger partial charge on any atom is 0.339 e. The molecule has 2 rings (SSSR count). The van der Waals surface area contributed by atoms with Crippen LogP contribution in [-0.4, -0.2) is 49.2 Å². The second kappa shape index (κ2) is 8.28. The molecule has 2 atom stereocenters. The minimum absolute atomic E-state index is 0.146. The Bertz CT molecular complexity index is 728. The molecule has 1 fully saturated rings. The van der Waals surface area contributed by atoms with Crippen LogP contribution in [0.2, 0.25) is 0 Å². The second-order valence-corrected chi connectivity index (χ2v) is 5.46. The van der Waals surface area contributed by atoms with Gasteiger partial charge in [-0.25, -0.2) is 14.4 Å².